The Balaban J connectivity index is -0.000000711. The normalized spacial score (nSPS) is 10.1. The van der Waals surface area contributed by atoms with E-state index in [2.05, 4.69) is 212 Å². The van der Waals surface area contributed by atoms with Gasteiger partial charge in [0, 0.05) is 73.9 Å². The first kappa shape index (κ1) is 67.0. The highest BCUT2D eigenvalue weighted by atomic mass is 15.1. The van der Waals surface area contributed by atoms with Crippen LogP contribution in [0.25, 0.3) is 0 Å². The lowest BCUT2D eigenvalue weighted by atomic mass is 10.1. The molecule has 5 rings (SSSR count). The SMILES string of the molecule is CC(C)N(C)CCc1ccccc1.CC(C)NCCc1ccccc1.CCCN(C)C(C)C.CCCN(CC)C(C)C.CCCNC(C)C.c1ccncc1.c1ccncc1.c1ccncc1. The van der Waals surface area contributed by atoms with Crippen LogP contribution in [0.1, 0.15) is 127 Å². The highest BCUT2D eigenvalue weighted by Crippen LogP contribution is 2.03. The molecule has 8 heteroatoms. The maximum absolute atomic E-state index is 3.78. The molecule has 0 unspecified atom stereocenters. The minimum Gasteiger partial charge on any atom is -0.315 e. The molecule has 0 amide bonds. The maximum atomic E-state index is 3.78. The predicted octanol–water partition coefficient (Wildman–Crippen LogP) is 13.3. The number of benzene rings is 2. The second kappa shape index (κ2) is 51.1. The lowest BCUT2D eigenvalue weighted by Crippen LogP contribution is -2.31. The number of hydrogen-bond acceptors (Lipinski definition) is 8. The Hall–Kier alpha value is -4.31. The second-order valence-electron chi connectivity index (χ2n) is 17.6. The third-order valence-corrected chi connectivity index (χ3v) is 9.89. The van der Waals surface area contributed by atoms with Gasteiger partial charge in [0.2, 0.25) is 0 Å². The van der Waals surface area contributed by atoms with Gasteiger partial charge >= 0.3 is 0 Å². The number of pyridine rings is 3. The van der Waals surface area contributed by atoms with Crippen LogP contribution < -0.4 is 10.6 Å². The van der Waals surface area contributed by atoms with Gasteiger partial charge in [-0.3, -0.25) is 15.0 Å². The van der Waals surface area contributed by atoms with Crippen LogP contribution in [0, 0.1) is 0 Å². The van der Waals surface area contributed by atoms with Gasteiger partial charge in [-0.25, -0.2) is 0 Å². The Labute approximate surface area is 414 Å². The molecule has 5 aromatic rings. The van der Waals surface area contributed by atoms with Gasteiger partial charge < -0.3 is 25.3 Å². The van der Waals surface area contributed by atoms with Crippen molar-refractivity contribution in [2.75, 3.05) is 53.4 Å². The van der Waals surface area contributed by atoms with Crippen LogP contribution in [0.5, 0.6) is 0 Å². The Bertz CT molecular complexity index is 1420. The smallest absolute Gasteiger partial charge is 0.0267 e. The summed E-state index contributed by atoms with van der Waals surface area (Å²) in [5, 5.41) is 6.69. The van der Waals surface area contributed by atoms with Crippen LogP contribution in [-0.4, -0.2) is 113 Å². The van der Waals surface area contributed by atoms with Crippen molar-refractivity contribution in [2.45, 2.75) is 159 Å². The minimum atomic E-state index is 0.591. The summed E-state index contributed by atoms with van der Waals surface area (Å²) in [4.78, 5) is 18.5. The maximum Gasteiger partial charge on any atom is 0.0267 e. The highest BCUT2D eigenvalue weighted by Gasteiger charge is 2.04. The first-order chi connectivity index (χ1) is 32.2. The minimum absolute atomic E-state index is 0.591. The average Bonchev–Trinajstić information content (AvgIpc) is 3.35. The fraction of sp³-hybridized carbons (Fsp3) is 0.542. The molecule has 2 N–H and O–H groups in total. The zero-order valence-electron chi connectivity index (χ0n) is 45.8. The van der Waals surface area contributed by atoms with E-state index in [-0.39, 0.29) is 0 Å². The second-order valence-corrected chi connectivity index (χ2v) is 17.6. The molecule has 0 atom stereocenters. The van der Waals surface area contributed by atoms with Gasteiger partial charge in [-0.1, -0.05) is 134 Å². The van der Waals surface area contributed by atoms with Crippen LogP contribution in [0.2, 0.25) is 0 Å². The number of rotatable bonds is 18. The summed E-state index contributed by atoms with van der Waals surface area (Å²) in [5.41, 5.74) is 2.83. The van der Waals surface area contributed by atoms with E-state index in [1.165, 1.54) is 50.0 Å². The fourth-order valence-electron chi connectivity index (χ4n) is 5.41. The molecule has 0 spiro atoms. The molecule has 0 saturated heterocycles. The monoisotopic (exact) mass is 923 g/mol. The van der Waals surface area contributed by atoms with Crippen molar-refractivity contribution in [3.05, 3.63) is 164 Å². The molecule has 0 radical (unpaired) electrons. The fourth-order valence-corrected chi connectivity index (χ4v) is 5.41. The molecule has 0 aliphatic heterocycles. The van der Waals surface area contributed by atoms with E-state index in [1.807, 2.05) is 54.6 Å². The Kier molecular flexibility index (Phi) is 51.1. The van der Waals surface area contributed by atoms with E-state index in [4.69, 9.17) is 0 Å². The van der Waals surface area contributed by atoms with Crippen LogP contribution in [-0.2, 0) is 12.8 Å². The summed E-state index contributed by atoms with van der Waals surface area (Å²) in [6.07, 6.45) is 16.5. The van der Waals surface area contributed by atoms with E-state index < -0.39 is 0 Å². The van der Waals surface area contributed by atoms with Crippen molar-refractivity contribution < 1.29 is 0 Å². The largest absolute Gasteiger partial charge is 0.315 e. The molecular weight excluding hydrogens is 821 g/mol. The Morgan fingerprint density at radius 1 is 0.388 bits per heavy atom. The molecule has 67 heavy (non-hydrogen) atoms. The van der Waals surface area contributed by atoms with Gasteiger partial charge in [0.15, 0.2) is 0 Å². The molecule has 8 nitrogen and oxygen atoms in total. The van der Waals surface area contributed by atoms with E-state index in [0.717, 1.165) is 38.5 Å². The third kappa shape index (κ3) is 52.5. The average molecular weight is 924 g/mol. The van der Waals surface area contributed by atoms with E-state index in [0.29, 0.717) is 24.2 Å². The molecule has 0 fully saturated rings. The van der Waals surface area contributed by atoms with Gasteiger partial charge in [-0.05, 0) is 168 Å². The van der Waals surface area contributed by atoms with Gasteiger partial charge in [-0.15, -0.1) is 0 Å². The standard InChI is InChI=1S/C12H19N.C11H17N.C8H19N.C7H17N.C6H15N.3C5H5N/c1-11(2)13(3)10-9-12-7-5-4-6-8-12;1-10(2)12-9-8-11-6-4-3-5-7-11;1-5-7-9(6-2)8(3)4;1-5-6-8(4)7(2)3;1-4-5-7-6(2)3;3*1-2-4-6-5-3-1/h4-8,11H,9-10H2,1-3H3;3-7,10,12H,8-9H2,1-2H3;8H,5-7H2,1-4H3;7H,5-6H2,1-4H3;6-7H,4-5H2,1-3H3;3*1-5H. The number of nitrogens with one attached hydrogen (secondary N) is 2. The quantitative estimate of drug-likeness (QED) is 0.0901. The number of likely N-dealkylation sites (N-methyl/N-ethyl adjacent to an activating group) is 1. The van der Waals surface area contributed by atoms with Crippen molar-refractivity contribution in [1.82, 2.24) is 40.3 Å². The highest BCUT2D eigenvalue weighted by molar-refractivity contribution is 5.15. The molecule has 2 aromatic carbocycles. The number of aromatic nitrogens is 3. The zero-order valence-corrected chi connectivity index (χ0v) is 45.8. The summed E-state index contributed by atoms with van der Waals surface area (Å²) in [6, 6.07) is 41.7. The molecule has 378 valence electrons. The van der Waals surface area contributed by atoms with Gasteiger partial charge in [-0.2, -0.15) is 0 Å². The lowest BCUT2D eigenvalue weighted by molar-refractivity contribution is 0.234. The predicted molar refractivity (Wildman–Crippen MR) is 298 cm³/mol. The van der Waals surface area contributed by atoms with Crippen molar-refractivity contribution in [3.63, 3.8) is 0 Å². The summed E-state index contributed by atoms with van der Waals surface area (Å²) >= 11 is 0. The zero-order chi connectivity index (χ0) is 50.8. The lowest BCUT2D eigenvalue weighted by Gasteiger charge is -2.23. The summed E-state index contributed by atoms with van der Waals surface area (Å²) in [6.45, 7) is 37.9. The van der Waals surface area contributed by atoms with E-state index >= 15 is 0 Å². The third-order valence-electron chi connectivity index (χ3n) is 9.89. The molecule has 0 aliphatic rings. The Morgan fingerprint density at radius 3 is 0.955 bits per heavy atom. The first-order valence-corrected chi connectivity index (χ1v) is 25.4. The molecule has 3 aromatic heterocycles. The van der Waals surface area contributed by atoms with Crippen LogP contribution in [0.3, 0.4) is 0 Å². The van der Waals surface area contributed by atoms with Gasteiger partial charge in [0.25, 0.3) is 0 Å². The van der Waals surface area contributed by atoms with Gasteiger partial charge in [0.05, 0.1) is 0 Å². The molecule has 3 heterocycles. The van der Waals surface area contributed by atoms with Crippen LogP contribution in [0.15, 0.2) is 152 Å². The van der Waals surface area contributed by atoms with E-state index in [1.54, 1.807) is 37.2 Å². The molecule has 0 saturated carbocycles. The Morgan fingerprint density at radius 2 is 0.731 bits per heavy atom. The number of hydrogen-bond donors (Lipinski definition) is 2. The summed E-state index contributed by atoms with van der Waals surface area (Å²) < 4.78 is 0. The topological polar surface area (TPSA) is 72.5 Å². The molecule has 0 aliphatic carbocycles. The van der Waals surface area contributed by atoms with Crippen molar-refractivity contribution in [2.24, 2.45) is 0 Å². The van der Waals surface area contributed by atoms with Crippen LogP contribution >= 0.6 is 0 Å². The number of nitrogens with zero attached hydrogens (tertiary/aromatic N) is 6. The van der Waals surface area contributed by atoms with Crippen molar-refractivity contribution >= 4 is 0 Å². The molecule has 0 bridgehead atoms. The van der Waals surface area contributed by atoms with Crippen LogP contribution in [0.4, 0.5) is 0 Å². The molecular formula is C59H102N8. The van der Waals surface area contributed by atoms with Gasteiger partial charge in [0.1, 0.15) is 0 Å². The summed E-state index contributed by atoms with van der Waals surface area (Å²) in [5.74, 6) is 0. The van der Waals surface area contributed by atoms with Crippen molar-refractivity contribution in [1.29, 1.82) is 0 Å². The van der Waals surface area contributed by atoms with Crippen molar-refractivity contribution in [3.8, 4) is 0 Å². The van der Waals surface area contributed by atoms with E-state index in [9.17, 15) is 0 Å². The summed E-state index contributed by atoms with van der Waals surface area (Å²) in [7, 11) is 4.34. The first-order valence-electron chi connectivity index (χ1n) is 25.4.